The van der Waals surface area contributed by atoms with Crippen LogP contribution in [-0.2, 0) is 0 Å². The maximum absolute atomic E-state index is 3.77. The molecule has 1 saturated heterocycles. The number of thioether (sulfide) groups is 1. The van der Waals surface area contributed by atoms with Gasteiger partial charge in [0, 0.05) is 29.9 Å². The molecule has 0 spiro atoms. The minimum Gasteiger partial charge on any atom is -0.310 e. The topological polar surface area (TPSA) is 15.3 Å². The van der Waals surface area contributed by atoms with Gasteiger partial charge in [-0.15, -0.1) is 0 Å². The number of hydrogen-bond donors (Lipinski definition) is 1. The van der Waals surface area contributed by atoms with Gasteiger partial charge >= 0.3 is 0 Å². The van der Waals surface area contributed by atoms with E-state index in [1.54, 1.807) is 0 Å². The molecule has 92 valence electrons. The van der Waals surface area contributed by atoms with E-state index in [4.69, 9.17) is 0 Å². The second-order valence-corrected chi connectivity index (χ2v) is 7.18. The van der Waals surface area contributed by atoms with Crippen molar-refractivity contribution >= 4 is 11.8 Å². The zero-order chi connectivity index (χ0) is 11.0. The molecule has 1 aliphatic heterocycles. The van der Waals surface area contributed by atoms with Crippen molar-refractivity contribution in [2.24, 2.45) is 0 Å². The predicted molar refractivity (Wildman–Crippen MR) is 71.1 cm³/mol. The molecule has 2 nitrogen and oxygen atoms in total. The first-order valence-electron chi connectivity index (χ1n) is 6.83. The van der Waals surface area contributed by atoms with Gasteiger partial charge in [0.2, 0.25) is 0 Å². The van der Waals surface area contributed by atoms with Crippen molar-refractivity contribution in [2.75, 3.05) is 25.9 Å². The molecule has 0 aromatic carbocycles. The molecule has 1 atom stereocenters. The lowest BCUT2D eigenvalue weighted by atomic mass is 9.84. The molecule has 0 radical (unpaired) electrons. The standard InChI is InChI=1S/C13H24N2S/c1-16-13(6-2-7-13)10-15-8-5-12(9-15)14-11-3-4-11/h11-12,14H,2-10H2,1H3. The first-order valence-corrected chi connectivity index (χ1v) is 8.06. The van der Waals surface area contributed by atoms with Crippen LogP contribution in [-0.4, -0.2) is 47.6 Å². The number of nitrogens with zero attached hydrogens (tertiary/aromatic N) is 1. The van der Waals surface area contributed by atoms with Gasteiger partial charge in [0.05, 0.1) is 0 Å². The quantitative estimate of drug-likeness (QED) is 0.792. The average Bonchev–Trinajstić information content (AvgIpc) is 2.92. The fraction of sp³-hybridized carbons (Fsp3) is 1.00. The minimum atomic E-state index is 0.633. The van der Waals surface area contributed by atoms with Crippen molar-refractivity contribution in [3.05, 3.63) is 0 Å². The van der Waals surface area contributed by atoms with Gasteiger partial charge in [0.1, 0.15) is 0 Å². The summed E-state index contributed by atoms with van der Waals surface area (Å²) in [6.07, 6.45) is 10.9. The lowest BCUT2D eigenvalue weighted by Gasteiger charge is -2.43. The van der Waals surface area contributed by atoms with Gasteiger partial charge in [0.15, 0.2) is 0 Å². The molecule has 1 heterocycles. The molecule has 0 aromatic heterocycles. The van der Waals surface area contributed by atoms with Crippen LogP contribution in [0.25, 0.3) is 0 Å². The van der Waals surface area contributed by atoms with Crippen molar-refractivity contribution in [3.63, 3.8) is 0 Å². The minimum absolute atomic E-state index is 0.633. The molecular formula is C13H24N2S. The van der Waals surface area contributed by atoms with Crippen LogP contribution in [0.3, 0.4) is 0 Å². The Bertz CT molecular complexity index is 243. The molecule has 1 unspecified atom stereocenters. The number of hydrogen-bond acceptors (Lipinski definition) is 3. The third-order valence-corrected chi connectivity index (χ3v) is 5.93. The first kappa shape index (κ1) is 11.4. The summed E-state index contributed by atoms with van der Waals surface area (Å²) in [5.41, 5.74) is 0. The smallest absolute Gasteiger partial charge is 0.0284 e. The third-order valence-electron chi connectivity index (χ3n) is 4.53. The summed E-state index contributed by atoms with van der Waals surface area (Å²) in [7, 11) is 0. The van der Waals surface area contributed by atoms with E-state index in [-0.39, 0.29) is 0 Å². The van der Waals surface area contributed by atoms with Crippen molar-refractivity contribution < 1.29 is 0 Å². The Hall–Kier alpha value is 0.270. The molecule has 0 amide bonds. The second-order valence-electron chi connectivity index (χ2n) is 5.90. The highest BCUT2D eigenvalue weighted by molar-refractivity contribution is 8.00. The molecule has 1 N–H and O–H groups in total. The molecule has 0 aromatic rings. The molecule has 3 fully saturated rings. The van der Waals surface area contributed by atoms with E-state index in [9.17, 15) is 0 Å². The summed E-state index contributed by atoms with van der Waals surface area (Å²) in [5.74, 6) is 0. The summed E-state index contributed by atoms with van der Waals surface area (Å²) in [6.45, 7) is 3.97. The molecule has 3 aliphatic rings. The first-order chi connectivity index (χ1) is 7.80. The fourth-order valence-corrected chi connectivity index (χ4v) is 4.11. The number of rotatable bonds is 5. The van der Waals surface area contributed by atoms with Crippen molar-refractivity contribution in [1.82, 2.24) is 10.2 Å². The van der Waals surface area contributed by atoms with Crippen molar-refractivity contribution in [3.8, 4) is 0 Å². The summed E-state index contributed by atoms with van der Waals surface area (Å²) in [6, 6.07) is 1.68. The molecule has 2 aliphatic carbocycles. The van der Waals surface area contributed by atoms with E-state index in [0.29, 0.717) is 4.75 Å². The Morgan fingerprint density at radius 2 is 2.06 bits per heavy atom. The molecule has 0 bridgehead atoms. The maximum Gasteiger partial charge on any atom is 0.0284 e. The number of nitrogens with one attached hydrogen (secondary N) is 1. The van der Waals surface area contributed by atoms with Crippen LogP contribution < -0.4 is 5.32 Å². The zero-order valence-corrected chi connectivity index (χ0v) is 11.2. The third kappa shape index (κ3) is 2.41. The summed E-state index contributed by atoms with van der Waals surface area (Å²) in [4.78, 5) is 2.70. The molecule has 3 rings (SSSR count). The molecular weight excluding hydrogens is 216 g/mol. The van der Waals surface area contributed by atoms with Gasteiger partial charge in [-0.25, -0.2) is 0 Å². The van der Waals surface area contributed by atoms with Gasteiger partial charge in [0.25, 0.3) is 0 Å². The van der Waals surface area contributed by atoms with E-state index < -0.39 is 0 Å². The normalized spacial score (nSPS) is 33.9. The Kier molecular flexibility index (Phi) is 3.20. The Morgan fingerprint density at radius 3 is 2.62 bits per heavy atom. The van der Waals surface area contributed by atoms with Gasteiger partial charge in [-0.05, 0) is 44.9 Å². The van der Waals surface area contributed by atoms with Gasteiger partial charge in [-0.1, -0.05) is 6.42 Å². The van der Waals surface area contributed by atoms with Crippen LogP contribution in [0.5, 0.6) is 0 Å². The van der Waals surface area contributed by atoms with E-state index in [1.165, 1.54) is 58.2 Å². The van der Waals surface area contributed by atoms with Gasteiger partial charge < -0.3 is 10.2 Å². The highest BCUT2D eigenvalue weighted by atomic mass is 32.2. The fourth-order valence-electron chi connectivity index (χ4n) is 3.10. The van der Waals surface area contributed by atoms with E-state index in [1.807, 2.05) is 0 Å². The van der Waals surface area contributed by atoms with Crippen molar-refractivity contribution in [2.45, 2.75) is 55.4 Å². The van der Waals surface area contributed by atoms with Crippen LogP contribution in [0.1, 0.15) is 38.5 Å². The largest absolute Gasteiger partial charge is 0.310 e. The lowest BCUT2D eigenvalue weighted by Crippen LogP contribution is -2.45. The summed E-state index contributed by atoms with van der Waals surface area (Å²) in [5, 5.41) is 3.77. The summed E-state index contributed by atoms with van der Waals surface area (Å²) < 4.78 is 0.633. The van der Waals surface area contributed by atoms with Crippen LogP contribution >= 0.6 is 11.8 Å². The van der Waals surface area contributed by atoms with Crippen molar-refractivity contribution in [1.29, 1.82) is 0 Å². The highest BCUT2D eigenvalue weighted by Gasteiger charge is 2.39. The monoisotopic (exact) mass is 240 g/mol. The second kappa shape index (κ2) is 4.51. The van der Waals surface area contributed by atoms with Crippen LogP contribution in [0.15, 0.2) is 0 Å². The summed E-state index contributed by atoms with van der Waals surface area (Å²) >= 11 is 2.11. The Morgan fingerprint density at radius 1 is 1.25 bits per heavy atom. The average molecular weight is 240 g/mol. The van der Waals surface area contributed by atoms with E-state index in [2.05, 4.69) is 28.2 Å². The highest BCUT2D eigenvalue weighted by Crippen LogP contribution is 2.43. The lowest BCUT2D eigenvalue weighted by molar-refractivity contribution is 0.231. The molecule has 2 saturated carbocycles. The Labute approximate surface area is 104 Å². The van der Waals surface area contributed by atoms with Crippen LogP contribution in [0.2, 0.25) is 0 Å². The predicted octanol–water partition coefficient (Wildman–Crippen LogP) is 2.10. The van der Waals surface area contributed by atoms with Crippen LogP contribution in [0.4, 0.5) is 0 Å². The maximum atomic E-state index is 3.77. The molecule has 3 heteroatoms. The zero-order valence-electron chi connectivity index (χ0n) is 10.4. The van der Waals surface area contributed by atoms with E-state index >= 15 is 0 Å². The van der Waals surface area contributed by atoms with E-state index in [0.717, 1.165) is 12.1 Å². The SMILES string of the molecule is CSC1(CN2CCC(NC3CC3)C2)CCC1. The number of likely N-dealkylation sites (tertiary alicyclic amines) is 1. The molecule has 16 heavy (non-hydrogen) atoms. The van der Waals surface area contributed by atoms with Gasteiger partial charge in [-0.3, -0.25) is 0 Å². The van der Waals surface area contributed by atoms with Gasteiger partial charge in [-0.2, -0.15) is 11.8 Å². The van der Waals surface area contributed by atoms with Crippen LogP contribution in [0, 0.1) is 0 Å². The Balaban J connectivity index is 1.45.